The molecule has 2 saturated heterocycles. The molecular formula is C13H24N2O2. The van der Waals surface area contributed by atoms with Gasteiger partial charge in [-0.3, -0.25) is 4.79 Å². The van der Waals surface area contributed by atoms with Crippen molar-refractivity contribution < 1.29 is 9.53 Å². The molecule has 0 aromatic heterocycles. The summed E-state index contributed by atoms with van der Waals surface area (Å²) in [5.41, 5.74) is 0. The van der Waals surface area contributed by atoms with Crippen molar-refractivity contribution in [2.75, 3.05) is 19.8 Å². The molecular weight excluding hydrogens is 216 g/mol. The number of ether oxygens (including phenoxy) is 1. The summed E-state index contributed by atoms with van der Waals surface area (Å²) in [6.45, 7) is 6.89. The second-order valence-corrected chi connectivity index (χ2v) is 5.66. The molecule has 0 aromatic carbocycles. The highest BCUT2D eigenvalue weighted by molar-refractivity contribution is 5.82. The van der Waals surface area contributed by atoms with Crippen LogP contribution in [0.5, 0.6) is 0 Å². The topological polar surface area (TPSA) is 50.4 Å². The summed E-state index contributed by atoms with van der Waals surface area (Å²) in [6, 6.07) is 0.306. The van der Waals surface area contributed by atoms with Crippen molar-refractivity contribution in [3.63, 3.8) is 0 Å². The molecule has 4 nitrogen and oxygen atoms in total. The fourth-order valence-electron chi connectivity index (χ4n) is 2.76. The zero-order chi connectivity index (χ0) is 12.3. The number of amides is 1. The fraction of sp³-hybridized carbons (Fsp3) is 0.923. The average Bonchev–Trinajstić information content (AvgIpc) is 2.32. The van der Waals surface area contributed by atoms with Gasteiger partial charge in [-0.1, -0.05) is 13.8 Å². The lowest BCUT2D eigenvalue weighted by Gasteiger charge is -2.37. The van der Waals surface area contributed by atoms with Crippen molar-refractivity contribution in [3.8, 4) is 0 Å². The van der Waals surface area contributed by atoms with Crippen LogP contribution in [-0.2, 0) is 9.53 Å². The van der Waals surface area contributed by atoms with Gasteiger partial charge in [-0.2, -0.15) is 0 Å². The Balaban J connectivity index is 1.83. The van der Waals surface area contributed by atoms with Gasteiger partial charge in [-0.25, -0.2) is 0 Å². The molecule has 2 heterocycles. The number of rotatable bonds is 3. The van der Waals surface area contributed by atoms with Gasteiger partial charge in [0.05, 0.1) is 6.04 Å². The van der Waals surface area contributed by atoms with Crippen LogP contribution >= 0.6 is 0 Å². The van der Waals surface area contributed by atoms with Gasteiger partial charge >= 0.3 is 0 Å². The zero-order valence-corrected chi connectivity index (χ0v) is 10.9. The van der Waals surface area contributed by atoms with E-state index >= 15 is 0 Å². The summed E-state index contributed by atoms with van der Waals surface area (Å²) in [4.78, 5) is 12.0. The van der Waals surface area contributed by atoms with Crippen LogP contribution in [0.25, 0.3) is 0 Å². The molecule has 1 amide bonds. The summed E-state index contributed by atoms with van der Waals surface area (Å²) >= 11 is 0. The molecule has 1 unspecified atom stereocenters. The van der Waals surface area contributed by atoms with Gasteiger partial charge in [0.25, 0.3) is 0 Å². The minimum absolute atomic E-state index is 0.00564. The first kappa shape index (κ1) is 12.8. The van der Waals surface area contributed by atoms with Crippen molar-refractivity contribution in [1.29, 1.82) is 0 Å². The third-order valence-corrected chi connectivity index (χ3v) is 3.77. The molecule has 2 aliphatic rings. The molecule has 0 radical (unpaired) electrons. The largest absolute Gasteiger partial charge is 0.381 e. The maximum Gasteiger partial charge on any atom is 0.237 e. The minimum Gasteiger partial charge on any atom is -0.381 e. The van der Waals surface area contributed by atoms with E-state index in [1.165, 1.54) is 0 Å². The van der Waals surface area contributed by atoms with E-state index in [4.69, 9.17) is 4.74 Å². The van der Waals surface area contributed by atoms with Crippen LogP contribution in [0.2, 0.25) is 0 Å². The molecule has 2 aliphatic heterocycles. The van der Waals surface area contributed by atoms with Gasteiger partial charge in [-0.15, -0.1) is 0 Å². The fourth-order valence-corrected chi connectivity index (χ4v) is 2.76. The molecule has 17 heavy (non-hydrogen) atoms. The highest BCUT2D eigenvalue weighted by Gasteiger charge is 2.32. The maximum absolute atomic E-state index is 12.0. The Kier molecular flexibility index (Phi) is 4.40. The Morgan fingerprint density at radius 1 is 1.35 bits per heavy atom. The lowest BCUT2D eigenvalue weighted by atomic mass is 9.89. The monoisotopic (exact) mass is 240 g/mol. The predicted molar refractivity (Wildman–Crippen MR) is 66.7 cm³/mol. The molecule has 0 aromatic rings. The molecule has 4 heteroatoms. The van der Waals surface area contributed by atoms with Crippen LogP contribution < -0.4 is 10.6 Å². The molecule has 0 spiro atoms. The van der Waals surface area contributed by atoms with Gasteiger partial charge in [0.1, 0.15) is 0 Å². The Morgan fingerprint density at radius 3 is 2.65 bits per heavy atom. The predicted octanol–water partition coefficient (Wildman–Crippen LogP) is 0.916. The van der Waals surface area contributed by atoms with Crippen LogP contribution in [0.15, 0.2) is 0 Å². The van der Waals surface area contributed by atoms with Crippen LogP contribution in [0, 0.1) is 11.8 Å². The lowest BCUT2D eigenvalue weighted by Crippen LogP contribution is -2.61. The van der Waals surface area contributed by atoms with E-state index in [0.717, 1.165) is 39.0 Å². The summed E-state index contributed by atoms with van der Waals surface area (Å²) in [6.07, 6.45) is 3.06. The van der Waals surface area contributed by atoms with Crippen molar-refractivity contribution >= 4 is 5.91 Å². The molecule has 0 aliphatic carbocycles. The number of carbonyl (C=O) groups excluding carboxylic acids is 1. The molecule has 0 bridgehead atoms. The molecule has 2 rings (SSSR count). The molecule has 2 N–H and O–H groups in total. The SMILES string of the molecule is CC(C)C[C@@H]1NCC(C2CCOCC2)NC1=O. The lowest BCUT2D eigenvalue weighted by molar-refractivity contribution is -0.126. The van der Waals surface area contributed by atoms with E-state index in [2.05, 4.69) is 24.5 Å². The second-order valence-electron chi connectivity index (χ2n) is 5.66. The molecule has 2 fully saturated rings. The van der Waals surface area contributed by atoms with Gasteiger partial charge in [0.2, 0.25) is 5.91 Å². The van der Waals surface area contributed by atoms with E-state index in [-0.39, 0.29) is 11.9 Å². The van der Waals surface area contributed by atoms with E-state index in [1.54, 1.807) is 0 Å². The first-order chi connectivity index (χ1) is 8.16. The van der Waals surface area contributed by atoms with Crippen molar-refractivity contribution in [1.82, 2.24) is 10.6 Å². The highest BCUT2D eigenvalue weighted by atomic mass is 16.5. The third kappa shape index (κ3) is 3.42. The Labute approximate surface area is 103 Å². The van der Waals surface area contributed by atoms with Gasteiger partial charge in [0.15, 0.2) is 0 Å². The quantitative estimate of drug-likeness (QED) is 0.771. The number of nitrogens with one attached hydrogen (secondary N) is 2. The minimum atomic E-state index is 0.00564. The van der Waals surface area contributed by atoms with E-state index in [1.807, 2.05) is 0 Å². The van der Waals surface area contributed by atoms with Crippen molar-refractivity contribution in [3.05, 3.63) is 0 Å². The van der Waals surface area contributed by atoms with Crippen molar-refractivity contribution in [2.45, 2.75) is 45.2 Å². The normalized spacial score (nSPS) is 31.6. The van der Waals surface area contributed by atoms with Gasteiger partial charge in [0, 0.05) is 25.8 Å². The van der Waals surface area contributed by atoms with Crippen molar-refractivity contribution in [2.24, 2.45) is 11.8 Å². The first-order valence-electron chi connectivity index (χ1n) is 6.78. The first-order valence-corrected chi connectivity index (χ1v) is 6.78. The Bertz CT molecular complexity index is 262. The molecule has 98 valence electrons. The summed E-state index contributed by atoms with van der Waals surface area (Å²) in [7, 11) is 0. The van der Waals surface area contributed by atoms with E-state index in [9.17, 15) is 4.79 Å². The smallest absolute Gasteiger partial charge is 0.237 e. The maximum atomic E-state index is 12.0. The standard InChI is InChI=1S/C13H24N2O2/c1-9(2)7-11-13(16)15-12(8-14-11)10-3-5-17-6-4-10/h9-12,14H,3-8H2,1-2H3,(H,15,16)/t11-,12?/m0/s1. The molecule has 0 saturated carbocycles. The summed E-state index contributed by atoms with van der Waals surface area (Å²) in [5, 5.41) is 6.58. The van der Waals surface area contributed by atoms with Gasteiger partial charge in [-0.05, 0) is 31.1 Å². The van der Waals surface area contributed by atoms with E-state index < -0.39 is 0 Å². The van der Waals surface area contributed by atoms with Crippen LogP contribution in [-0.4, -0.2) is 37.7 Å². The zero-order valence-electron chi connectivity index (χ0n) is 10.9. The average molecular weight is 240 g/mol. The van der Waals surface area contributed by atoms with Gasteiger partial charge < -0.3 is 15.4 Å². The number of carbonyl (C=O) groups is 1. The van der Waals surface area contributed by atoms with Crippen LogP contribution in [0.1, 0.15) is 33.1 Å². The highest BCUT2D eigenvalue weighted by Crippen LogP contribution is 2.20. The number of hydrogen-bond donors (Lipinski definition) is 2. The number of piperazine rings is 1. The number of hydrogen-bond acceptors (Lipinski definition) is 3. The van der Waals surface area contributed by atoms with Crippen LogP contribution in [0.4, 0.5) is 0 Å². The Hall–Kier alpha value is -0.610. The Morgan fingerprint density at radius 2 is 2.06 bits per heavy atom. The molecule has 2 atom stereocenters. The second kappa shape index (κ2) is 5.83. The van der Waals surface area contributed by atoms with E-state index in [0.29, 0.717) is 17.9 Å². The summed E-state index contributed by atoms with van der Waals surface area (Å²) in [5.74, 6) is 1.32. The summed E-state index contributed by atoms with van der Waals surface area (Å²) < 4.78 is 5.36. The van der Waals surface area contributed by atoms with Crippen LogP contribution in [0.3, 0.4) is 0 Å². The third-order valence-electron chi connectivity index (χ3n) is 3.77.